The van der Waals surface area contributed by atoms with Gasteiger partial charge in [-0.1, -0.05) is 11.6 Å². The molecule has 1 amide bonds. The van der Waals surface area contributed by atoms with Crippen LogP contribution in [0.3, 0.4) is 0 Å². The maximum atomic E-state index is 11.9. The molecule has 2 aromatic rings. The molecule has 0 spiro atoms. The van der Waals surface area contributed by atoms with Crippen molar-refractivity contribution >= 4 is 35.0 Å². The van der Waals surface area contributed by atoms with E-state index < -0.39 is 5.97 Å². The summed E-state index contributed by atoms with van der Waals surface area (Å²) in [6, 6.07) is 4.68. The van der Waals surface area contributed by atoms with Gasteiger partial charge in [-0.05, 0) is 24.6 Å². The fourth-order valence-electron chi connectivity index (χ4n) is 2.02. The van der Waals surface area contributed by atoms with Gasteiger partial charge in [0, 0.05) is 20.3 Å². The number of benzene rings is 1. The van der Waals surface area contributed by atoms with Crippen LogP contribution in [0.15, 0.2) is 30.6 Å². The molecular weight excluding hydrogens is 360 g/mol. The van der Waals surface area contributed by atoms with Gasteiger partial charge in [0.15, 0.2) is 0 Å². The SMILES string of the molecule is COCCCNC(=O)c1cnc(Nc2cc(C(=O)OC)ccc2Cl)cn1. The summed E-state index contributed by atoms with van der Waals surface area (Å²) < 4.78 is 9.60. The largest absolute Gasteiger partial charge is 0.465 e. The molecule has 8 nitrogen and oxygen atoms in total. The molecule has 26 heavy (non-hydrogen) atoms. The lowest BCUT2D eigenvalue weighted by Gasteiger charge is -2.09. The zero-order valence-electron chi connectivity index (χ0n) is 14.4. The van der Waals surface area contributed by atoms with Crippen molar-refractivity contribution < 1.29 is 19.1 Å². The van der Waals surface area contributed by atoms with Crippen LogP contribution in [-0.2, 0) is 9.47 Å². The summed E-state index contributed by atoms with van der Waals surface area (Å²) >= 11 is 6.12. The molecular formula is C17H19ClN4O4. The highest BCUT2D eigenvalue weighted by molar-refractivity contribution is 6.33. The smallest absolute Gasteiger partial charge is 0.337 e. The second-order valence-electron chi connectivity index (χ2n) is 5.20. The maximum absolute atomic E-state index is 11.9. The van der Waals surface area contributed by atoms with E-state index >= 15 is 0 Å². The predicted octanol–water partition coefficient (Wildman–Crippen LogP) is 2.43. The Morgan fingerprint density at radius 2 is 2.00 bits per heavy atom. The predicted molar refractivity (Wildman–Crippen MR) is 96.9 cm³/mol. The van der Waals surface area contributed by atoms with Crippen molar-refractivity contribution in [2.45, 2.75) is 6.42 Å². The third-order valence-corrected chi connectivity index (χ3v) is 3.68. The van der Waals surface area contributed by atoms with E-state index in [4.69, 9.17) is 16.3 Å². The number of anilines is 2. The topological polar surface area (TPSA) is 102 Å². The average Bonchev–Trinajstić information content (AvgIpc) is 2.66. The molecule has 1 heterocycles. The normalized spacial score (nSPS) is 10.3. The van der Waals surface area contributed by atoms with Crippen molar-refractivity contribution in [3.05, 3.63) is 46.9 Å². The molecule has 2 N–H and O–H groups in total. The van der Waals surface area contributed by atoms with Gasteiger partial charge in [0.25, 0.3) is 5.91 Å². The number of esters is 1. The number of halogens is 1. The number of ether oxygens (including phenoxy) is 2. The Labute approximate surface area is 155 Å². The molecule has 0 unspecified atom stereocenters. The Bertz CT molecular complexity index is 768. The van der Waals surface area contributed by atoms with Crippen molar-refractivity contribution in [1.29, 1.82) is 0 Å². The molecule has 1 aromatic carbocycles. The van der Waals surface area contributed by atoms with E-state index in [0.717, 1.165) is 0 Å². The Morgan fingerprint density at radius 3 is 2.65 bits per heavy atom. The van der Waals surface area contributed by atoms with Gasteiger partial charge in [0.2, 0.25) is 0 Å². The maximum Gasteiger partial charge on any atom is 0.337 e. The first-order valence-electron chi connectivity index (χ1n) is 7.79. The van der Waals surface area contributed by atoms with E-state index in [0.29, 0.717) is 41.7 Å². The lowest BCUT2D eigenvalue weighted by Crippen LogP contribution is -2.26. The number of carbonyl (C=O) groups is 2. The minimum Gasteiger partial charge on any atom is -0.465 e. The first kappa shape index (κ1) is 19.6. The van der Waals surface area contributed by atoms with Crippen LogP contribution in [0.2, 0.25) is 5.02 Å². The van der Waals surface area contributed by atoms with Crippen LogP contribution in [0.4, 0.5) is 11.5 Å². The third-order valence-electron chi connectivity index (χ3n) is 3.35. The van der Waals surface area contributed by atoms with Crippen molar-refractivity contribution in [1.82, 2.24) is 15.3 Å². The van der Waals surface area contributed by atoms with Gasteiger partial charge in [0.05, 0.1) is 35.8 Å². The van der Waals surface area contributed by atoms with E-state index in [1.807, 2.05) is 0 Å². The molecule has 0 bridgehead atoms. The average molecular weight is 379 g/mol. The highest BCUT2D eigenvalue weighted by atomic mass is 35.5. The number of rotatable bonds is 8. The molecule has 2 rings (SSSR count). The number of amides is 1. The summed E-state index contributed by atoms with van der Waals surface area (Å²) in [5, 5.41) is 6.08. The van der Waals surface area contributed by atoms with Crippen molar-refractivity contribution in [2.75, 3.05) is 32.7 Å². The second kappa shape index (κ2) is 9.69. The summed E-state index contributed by atoms with van der Waals surface area (Å²) in [6.07, 6.45) is 3.47. The minimum absolute atomic E-state index is 0.197. The first-order chi connectivity index (χ1) is 12.5. The van der Waals surface area contributed by atoms with Gasteiger partial charge in [0.1, 0.15) is 11.5 Å². The van der Waals surface area contributed by atoms with Crippen LogP contribution in [0, 0.1) is 0 Å². The molecule has 1 aromatic heterocycles. The zero-order chi connectivity index (χ0) is 18.9. The molecule has 0 radical (unpaired) electrons. The van der Waals surface area contributed by atoms with Gasteiger partial charge in [-0.2, -0.15) is 0 Å². The summed E-state index contributed by atoms with van der Waals surface area (Å²) in [5.74, 6) is -0.410. The van der Waals surface area contributed by atoms with Crippen LogP contribution < -0.4 is 10.6 Å². The molecule has 0 aliphatic carbocycles. The highest BCUT2D eigenvalue weighted by Crippen LogP contribution is 2.26. The van der Waals surface area contributed by atoms with Crippen LogP contribution in [0.5, 0.6) is 0 Å². The van der Waals surface area contributed by atoms with Crippen LogP contribution in [-0.4, -0.2) is 49.2 Å². The zero-order valence-corrected chi connectivity index (χ0v) is 15.2. The molecule has 0 atom stereocenters. The van der Waals surface area contributed by atoms with Crippen LogP contribution in [0.1, 0.15) is 27.3 Å². The lowest BCUT2D eigenvalue weighted by molar-refractivity contribution is 0.0600. The van der Waals surface area contributed by atoms with E-state index in [-0.39, 0.29) is 11.6 Å². The number of methoxy groups -OCH3 is 2. The van der Waals surface area contributed by atoms with Gasteiger partial charge >= 0.3 is 5.97 Å². The fraction of sp³-hybridized carbons (Fsp3) is 0.294. The number of nitrogens with zero attached hydrogens (tertiary/aromatic N) is 2. The highest BCUT2D eigenvalue weighted by Gasteiger charge is 2.11. The van der Waals surface area contributed by atoms with Crippen LogP contribution >= 0.6 is 11.6 Å². The number of aromatic nitrogens is 2. The quantitative estimate of drug-likeness (QED) is 0.537. The van der Waals surface area contributed by atoms with Crippen molar-refractivity contribution in [2.24, 2.45) is 0 Å². The number of hydrogen-bond acceptors (Lipinski definition) is 7. The molecule has 138 valence electrons. The fourth-order valence-corrected chi connectivity index (χ4v) is 2.19. The Kier molecular flexibility index (Phi) is 7.31. The van der Waals surface area contributed by atoms with Gasteiger partial charge < -0.3 is 20.1 Å². The molecule has 0 saturated heterocycles. The molecule has 9 heteroatoms. The van der Waals surface area contributed by atoms with Crippen molar-refractivity contribution in [3.8, 4) is 0 Å². The summed E-state index contributed by atoms with van der Waals surface area (Å²) in [7, 11) is 2.90. The van der Waals surface area contributed by atoms with E-state index in [1.165, 1.54) is 19.5 Å². The first-order valence-corrected chi connectivity index (χ1v) is 8.17. The third kappa shape index (κ3) is 5.40. The minimum atomic E-state index is -0.476. The van der Waals surface area contributed by atoms with Gasteiger partial charge in [-0.15, -0.1) is 0 Å². The number of nitrogens with one attached hydrogen (secondary N) is 2. The van der Waals surface area contributed by atoms with E-state index in [9.17, 15) is 9.59 Å². The van der Waals surface area contributed by atoms with Crippen molar-refractivity contribution in [3.63, 3.8) is 0 Å². The molecule has 0 fully saturated rings. The monoisotopic (exact) mass is 378 g/mol. The Hall–Kier alpha value is -2.71. The van der Waals surface area contributed by atoms with Gasteiger partial charge in [-0.25, -0.2) is 14.8 Å². The number of carbonyl (C=O) groups excluding carboxylic acids is 2. The molecule has 0 saturated carbocycles. The van der Waals surface area contributed by atoms with E-state index in [2.05, 4.69) is 25.3 Å². The summed E-state index contributed by atoms with van der Waals surface area (Å²) in [5.41, 5.74) is 1.02. The Balaban J connectivity index is 2.03. The van der Waals surface area contributed by atoms with Gasteiger partial charge in [-0.3, -0.25) is 4.79 Å². The second-order valence-corrected chi connectivity index (χ2v) is 5.61. The molecule has 0 aliphatic heterocycles. The Morgan fingerprint density at radius 1 is 1.19 bits per heavy atom. The number of hydrogen-bond donors (Lipinski definition) is 2. The summed E-state index contributed by atoms with van der Waals surface area (Å²) in [6.45, 7) is 1.06. The summed E-state index contributed by atoms with van der Waals surface area (Å²) in [4.78, 5) is 31.8. The van der Waals surface area contributed by atoms with Crippen LogP contribution in [0.25, 0.3) is 0 Å². The molecule has 0 aliphatic rings. The van der Waals surface area contributed by atoms with E-state index in [1.54, 1.807) is 25.3 Å². The standard InChI is InChI=1S/C17H19ClN4O4/c1-25-7-3-6-19-16(23)14-9-21-15(10-20-14)22-13-8-11(17(24)26-2)4-5-12(13)18/h4-5,8-10H,3,6-7H2,1-2H3,(H,19,23)(H,21,22). The lowest BCUT2D eigenvalue weighted by atomic mass is 10.2.